The molecule has 1 amide bonds. The van der Waals surface area contributed by atoms with Gasteiger partial charge in [0.2, 0.25) is 5.91 Å². The van der Waals surface area contributed by atoms with Gasteiger partial charge in [-0.25, -0.2) is 0 Å². The van der Waals surface area contributed by atoms with Crippen molar-refractivity contribution >= 4 is 17.2 Å². The minimum absolute atomic E-state index is 0.00168. The number of thiophene rings is 1. The molecule has 1 aliphatic heterocycles. The number of nitrogens with zero attached hydrogens (tertiary/aromatic N) is 1. The van der Waals surface area contributed by atoms with Gasteiger partial charge < -0.3 is 15.0 Å². The van der Waals surface area contributed by atoms with E-state index in [0.29, 0.717) is 19.7 Å². The lowest BCUT2D eigenvalue weighted by atomic mass is 10.2. The van der Waals surface area contributed by atoms with Crippen molar-refractivity contribution in [1.82, 2.24) is 10.2 Å². The van der Waals surface area contributed by atoms with Crippen molar-refractivity contribution in [3.63, 3.8) is 0 Å². The third-order valence-corrected chi connectivity index (χ3v) is 4.02. The van der Waals surface area contributed by atoms with Crippen molar-refractivity contribution in [1.29, 1.82) is 0 Å². The molecular weight excluding hydrogens is 248 g/mol. The van der Waals surface area contributed by atoms with Crippen molar-refractivity contribution in [2.24, 2.45) is 0 Å². The fourth-order valence-corrected chi connectivity index (χ4v) is 2.89. The largest absolute Gasteiger partial charge is 0.383 e. The first kappa shape index (κ1) is 13.5. The Balaban J connectivity index is 1.96. The first-order valence-corrected chi connectivity index (χ1v) is 7.22. The number of methoxy groups -OCH3 is 1. The lowest BCUT2D eigenvalue weighted by molar-refractivity contribution is -0.134. The summed E-state index contributed by atoms with van der Waals surface area (Å²) in [6.07, 6.45) is 2.04. The Morgan fingerprint density at radius 1 is 1.67 bits per heavy atom. The molecule has 1 aromatic heterocycles. The summed E-state index contributed by atoms with van der Waals surface area (Å²) < 4.78 is 5.09. The summed E-state index contributed by atoms with van der Waals surface area (Å²) in [7, 11) is 1.67. The molecule has 2 heterocycles. The van der Waals surface area contributed by atoms with E-state index in [0.717, 1.165) is 19.4 Å². The zero-order valence-corrected chi connectivity index (χ0v) is 11.5. The second kappa shape index (κ2) is 6.87. The molecule has 1 unspecified atom stereocenters. The lowest BCUT2D eigenvalue weighted by Gasteiger charge is -2.25. The molecule has 2 rings (SSSR count). The van der Waals surface area contributed by atoms with Crippen LogP contribution in [0.2, 0.25) is 0 Å². The smallest absolute Gasteiger partial charge is 0.240 e. The maximum absolute atomic E-state index is 12.4. The molecular formula is C13H20N2O2S. The number of carbonyl (C=O) groups is 1. The van der Waals surface area contributed by atoms with Crippen LogP contribution >= 0.6 is 11.3 Å². The molecule has 1 aliphatic rings. The first-order chi connectivity index (χ1) is 8.81. The topological polar surface area (TPSA) is 41.6 Å². The Morgan fingerprint density at radius 2 is 2.56 bits per heavy atom. The fourth-order valence-electron chi connectivity index (χ4n) is 2.18. The van der Waals surface area contributed by atoms with Gasteiger partial charge in [-0.2, -0.15) is 0 Å². The quantitative estimate of drug-likeness (QED) is 0.849. The van der Waals surface area contributed by atoms with Crippen LogP contribution in [0.15, 0.2) is 17.5 Å². The number of carbonyl (C=O) groups excluding carboxylic acids is 1. The molecule has 0 spiro atoms. The molecule has 0 radical (unpaired) electrons. The highest BCUT2D eigenvalue weighted by atomic mass is 32.1. The Bertz CT molecular complexity index is 361. The van der Waals surface area contributed by atoms with Crippen molar-refractivity contribution < 1.29 is 9.53 Å². The average molecular weight is 268 g/mol. The van der Waals surface area contributed by atoms with Crippen LogP contribution in [0.1, 0.15) is 17.7 Å². The molecule has 1 N–H and O–H groups in total. The highest BCUT2D eigenvalue weighted by Gasteiger charge is 2.26. The Kier molecular flexibility index (Phi) is 5.16. The molecule has 1 aromatic rings. The van der Waals surface area contributed by atoms with E-state index in [-0.39, 0.29) is 11.9 Å². The van der Waals surface area contributed by atoms with Crippen molar-refractivity contribution in [3.8, 4) is 0 Å². The number of hydrogen-bond acceptors (Lipinski definition) is 4. The molecule has 1 saturated heterocycles. The zero-order valence-electron chi connectivity index (χ0n) is 10.7. The maximum atomic E-state index is 12.4. The summed E-state index contributed by atoms with van der Waals surface area (Å²) in [6.45, 7) is 2.89. The van der Waals surface area contributed by atoms with E-state index < -0.39 is 0 Å². The molecule has 0 bridgehead atoms. The number of ether oxygens (including phenoxy) is 1. The molecule has 100 valence electrons. The van der Waals surface area contributed by atoms with Crippen LogP contribution in [0.25, 0.3) is 0 Å². The fraction of sp³-hybridized carbons (Fsp3) is 0.615. The minimum Gasteiger partial charge on any atom is -0.383 e. The SMILES string of the molecule is COCCN(Cc1cccs1)C(=O)C1CCCN1. The summed E-state index contributed by atoms with van der Waals surface area (Å²) in [5, 5.41) is 5.31. The zero-order chi connectivity index (χ0) is 12.8. The van der Waals surface area contributed by atoms with Crippen LogP contribution < -0.4 is 5.32 Å². The lowest BCUT2D eigenvalue weighted by Crippen LogP contribution is -2.44. The van der Waals surface area contributed by atoms with Gasteiger partial charge in [-0.15, -0.1) is 11.3 Å². The van der Waals surface area contributed by atoms with Crippen LogP contribution in [-0.4, -0.2) is 43.7 Å². The van der Waals surface area contributed by atoms with E-state index in [9.17, 15) is 4.79 Å². The van der Waals surface area contributed by atoms with Gasteiger partial charge in [-0.05, 0) is 30.8 Å². The van der Waals surface area contributed by atoms with E-state index in [1.54, 1.807) is 18.4 Å². The normalized spacial score (nSPS) is 19.1. The van der Waals surface area contributed by atoms with E-state index in [4.69, 9.17) is 4.74 Å². The van der Waals surface area contributed by atoms with Gasteiger partial charge in [0.15, 0.2) is 0 Å². The number of rotatable bonds is 6. The number of amides is 1. The molecule has 18 heavy (non-hydrogen) atoms. The van der Waals surface area contributed by atoms with Crippen LogP contribution in [0, 0.1) is 0 Å². The van der Waals surface area contributed by atoms with Gasteiger partial charge >= 0.3 is 0 Å². The van der Waals surface area contributed by atoms with E-state index in [1.807, 2.05) is 16.3 Å². The average Bonchev–Trinajstić information content (AvgIpc) is 3.06. The van der Waals surface area contributed by atoms with E-state index in [2.05, 4.69) is 11.4 Å². The summed E-state index contributed by atoms with van der Waals surface area (Å²) in [4.78, 5) is 15.5. The Hall–Kier alpha value is -0.910. The second-order valence-electron chi connectivity index (χ2n) is 4.48. The van der Waals surface area contributed by atoms with E-state index in [1.165, 1.54) is 4.88 Å². The summed E-state index contributed by atoms with van der Waals surface area (Å²) in [5.41, 5.74) is 0. The Labute approximate surface area is 112 Å². The van der Waals surface area contributed by atoms with Crippen molar-refractivity contribution in [2.75, 3.05) is 26.8 Å². The number of nitrogens with one attached hydrogen (secondary N) is 1. The monoisotopic (exact) mass is 268 g/mol. The molecule has 1 atom stereocenters. The predicted molar refractivity (Wildman–Crippen MR) is 72.6 cm³/mol. The second-order valence-corrected chi connectivity index (χ2v) is 5.51. The first-order valence-electron chi connectivity index (χ1n) is 6.34. The minimum atomic E-state index is 0.00168. The van der Waals surface area contributed by atoms with Gasteiger partial charge in [-0.3, -0.25) is 4.79 Å². The molecule has 0 aliphatic carbocycles. The molecule has 0 saturated carbocycles. The van der Waals surface area contributed by atoms with Crippen molar-refractivity contribution in [2.45, 2.75) is 25.4 Å². The van der Waals surface area contributed by atoms with Gasteiger partial charge in [0.05, 0.1) is 19.2 Å². The van der Waals surface area contributed by atoms with Gasteiger partial charge in [0, 0.05) is 18.5 Å². The van der Waals surface area contributed by atoms with Gasteiger partial charge in [0.25, 0.3) is 0 Å². The van der Waals surface area contributed by atoms with Crippen molar-refractivity contribution in [3.05, 3.63) is 22.4 Å². The summed E-state index contributed by atoms with van der Waals surface area (Å²) in [6, 6.07) is 4.09. The van der Waals surface area contributed by atoms with E-state index >= 15 is 0 Å². The molecule has 4 nitrogen and oxygen atoms in total. The maximum Gasteiger partial charge on any atom is 0.240 e. The molecule has 5 heteroatoms. The highest BCUT2D eigenvalue weighted by molar-refractivity contribution is 7.09. The number of hydrogen-bond donors (Lipinski definition) is 1. The standard InChI is InChI=1S/C13H20N2O2S/c1-17-8-7-15(10-11-4-3-9-18-11)13(16)12-5-2-6-14-12/h3-4,9,12,14H,2,5-8,10H2,1H3. The summed E-state index contributed by atoms with van der Waals surface area (Å²) in [5.74, 6) is 0.206. The van der Waals surface area contributed by atoms with Gasteiger partial charge in [0.1, 0.15) is 0 Å². The highest BCUT2D eigenvalue weighted by Crippen LogP contribution is 2.15. The predicted octanol–water partition coefficient (Wildman–Crippen LogP) is 1.48. The molecule has 1 fully saturated rings. The van der Waals surface area contributed by atoms with Crippen LogP contribution in [0.3, 0.4) is 0 Å². The Morgan fingerprint density at radius 3 is 3.17 bits per heavy atom. The third kappa shape index (κ3) is 3.54. The van der Waals surface area contributed by atoms with Crippen LogP contribution in [0.5, 0.6) is 0 Å². The van der Waals surface area contributed by atoms with Crippen LogP contribution in [-0.2, 0) is 16.1 Å². The van der Waals surface area contributed by atoms with Gasteiger partial charge in [-0.1, -0.05) is 6.07 Å². The van der Waals surface area contributed by atoms with Crippen LogP contribution in [0.4, 0.5) is 0 Å². The summed E-state index contributed by atoms with van der Waals surface area (Å²) >= 11 is 1.69. The third-order valence-electron chi connectivity index (χ3n) is 3.16. The molecule has 0 aromatic carbocycles.